The Kier molecular flexibility index (Phi) is 4.81. The molecule has 3 N–H and O–H groups in total. The van der Waals surface area contributed by atoms with Crippen LogP contribution in [-0.2, 0) is 5.75 Å². The number of nitrogens with two attached hydrogens (primary N) is 1. The maximum absolute atomic E-state index is 11.4. The lowest BCUT2D eigenvalue weighted by Gasteiger charge is -2.10. The highest BCUT2D eigenvalue weighted by atomic mass is 32.2. The summed E-state index contributed by atoms with van der Waals surface area (Å²) in [4.78, 5) is 12.6. The second kappa shape index (κ2) is 7.18. The minimum absolute atomic E-state index is 0.114. The number of aromatic nitrogens is 3. The van der Waals surface area contributed by atoms with Crippen LogP contribution in [0.25, 0.3) is 11.3 Å². The molecule has 3 aromatic rings. The van der Waals surface area contributed by atoms with Crippen molar-refractivity contribution in [3.63, 3.8) is 0 Å². The first kappa shape index (κ1) is 16.1. The Hall–Kier alpha value is -2.80. The van der Waals surface area contributed by atoms with E-state index in [1.54, 1.807) is 18.9 Å². The van der Waals surface area contributed by atoms with Crippen molar-refractivity contribution in [2.24, 2.45) is 5.73 Å². The molecule has 0 unspecified atom stereocenters. The first-order valence-corrected chi connectivity index (χ1v) is 8.23. The van der Waals surface area contributed by atoms with Gasteiger partial charge in [0.25, 0.3) is 5.91 Å². The van der Waals surface area contributed by atoms with Crippen molar-refractivity contribution in [3.05, 3.63) is 59.8 Å². The van der Waals surface area contributed by atoms with Crippen LogP contribution in [0.1, 0.15) is 16.1 Å². The summed E-state index contributed by atoms with van der Waals surface area (Å²) in [6.45, 7) is 0. The molecule has 24 heavy (non-hydrogen) atoms. The van der Waals surface area contributed by atoms with Crippen molar-refractivity contribution in [3.8, 4) is 17.0 Å². The SMILES string of the molecule is COc1cc(-c2n[nH]nc2C(N)=O)ccc1CSc1ccccc1. The Morgan fingerprint density at radius 2 is 2.00 bits per heavy atom. The molecule has 0 aliphatic heterocycles. The van der Waals surface area contributed by atoms with E-state index in [0.717, 1.165) is 22.6 Å². The lowest BCUT2D eigenvalue weighted by atomic mass is 10.1. The lowest BCUT2D eigenvalue weighted by Crippen LogP contribution is -2.12. The molecule has 122 valence electrons. The lowest BCUT2D eigenvalue weighted by molar-refractivity contribution is 0.0996. The molecule has 7 heteroatoms. The van der Waals surface area contributed by atoms with Gasteiger partial charge in [0.05, 0.1) is 7.11 Å². The fourth-order valence-electron chi connectivity index (χ4n) is 2.29. The number of thioether (sulfide) groups is 1. The molecular formula is C17H16N4O2S. The van der Waals surface area contributed by atoms with Crippen molar-refractivity contribution >= 4 is 17.7 Å². The number of nitrogens with one attached hydrogen (secondary N) is 1. The smallest absolute Gasteiger partial charge is 0.271 e. The normalized spacial score (nSPS) is 10.5. The Balaban J connectivity index is 1.85. The van der Waals surface area contributed by atoms with Crippen LogP contribution < -0.4 is 10.5 Å². The van der Waals surface area contributed by atoms with Gasteiger partial charge < -0.3 is 10.5 Å². The standard InChI is InChI=1S/C17H16N4O2S/c1-23-14-9-11(15-16(17(18)22)20-21-19-15)7-8-12(14)10-24-13-5-3-2-4-6-13/h2-9H,10H2,1H3,(H2,18,22)(H,19,20,21). The van der Waals surface area contributed by atoms with Crippen molar-refractivity contribution in [1.29, 1.82) is 0 Å². The fraction of sp³-hybridized carbons (Fsp3) is 0.118. The molecule has 0 aliphatic rings. The number of rotatable bonds is 6. The third kappa shape index (κ3) is 3.41. The van der Waals surface area contributed by atoms with E-state index >= 15 is 0 Å². The molecular weight excluding hydrogens is 324 g/mol. The van der Waals surface area contributed by atoms with E-state index in [0.29, 0.717) is 5.69 Å². The van der Waals surface area contributed by atoms with Crippen molar-refractivity contribution in [2.75, 3.05) is 7.11 Å². The fourth-order valence-corrected chi connectivity index (χ4v) is 3.20. The number of hydrogen-bond donors (Lipinski definition) is 2. The summed E-state index contributed by atoms with van der Waals surface area (Å²) in [6.07, 6.45) is 0. The Bertz CT molecular complexity index is 849. The summed E-state index contributed by atoms with van der Waals surface area (Å²) in [5.41, 5.74) is 7.63. The number of primary amides is 1. The van der Waals surface area contributed by atoms with Crippen LogP contribution in [0, 0.1) is 0 Å². The largest absolute Gasteiger partial charge is 0.496 e. The number of benzene rings is 2. The Labute approximate surface area is 143 Å². The molecule has 0 radical (unpaired) electrons. The first-order valence-electron chi connectivity index (χ1n) is 7.24. The number of nitrogens with zero attached hydrogens (tertiary/aromatic N) is 2. The number of methoxy groups -OCH3 is 1. The predicted octanol–water partition coefficient (Wildman–Crippen LogP) is 2.87. The summed E-state index contributed by atoms with van der Waals surface area (Å²) < 4.78 is 5.48. The number of carbonyl (C=O) groups is 1. The number of amides is 1. The molecule has 0 bridgehead atoms. The van der Waals surface area contributed by atoms with Gasteiger partial charge >= 0.3 is 0 Å². The van der Waals surface area contributed by atoms with Crippen LogP contribution in [0.5, 0.6) is 5.75 Å². The van der Waals surface area contributed by atoms with Gasteiger partial charge in [-0.25, -0.2) is 0 Å². The zero-order valence-corrected chi connectivity index (χ0v) is 13.8. The van der Waals surface area contributed by atoms with E-state index in [-0.39, 0.29) is 5.69 Å². The molecule has 0 spiro atoms. The van der Waals surface area contributed by atoms with E-state index in [9.17, 15) is 4.79 Å². The first-order chi connectivity index (χ1) is 11.7. The van der Waals surface area contributed by atoms with E-state index in [1.807, 2.05) is 36.4 Å². The number of ether oxygens (including phenoxy) is 1. The number of aromatic amines is 1. The van der Waals surface area contributed by atoms with Gasteiger partial charge in [-0.1, -0.05) is 30.3 Å². The average Bonchev–Trinajstić information content (AvgIpc) is 3.11. The van der Waals surface area contributed by atoms with E-state index in [4.69, 9.17) is 10.5 Å². The van der Waals surface area contributed by atoms with E-state index in [1.165, 1.54) is 4.90 Å². The summed E-state index contributed by atoms with van der Waals surface area (Å²) >= 11 is 1.73. The average molecular weight is 340 g/mol. The molecule has 1 heterocycles. The molecule has 2 aromatic carbocycles. The second-order valence-electron chi connectivity index (χ2n) is 5.01. The van der Waals surface area contributed by atoms with Crippen molar-refractivity contribution in [2.45, 2.75) is 10.6 Å². The van der Waals surface area contributed by atoms with Gasteiger partial charge in [-0.15, -0.1) is 11.8 Å². The van der Waals surface area contributed by atoms with Crippen LogP contribution in [0.4, 0.5) is 0 Å². The van der Waals surface area contributed by atoms with Gasteiger partial charge in [0.15, 0.2) is 5.69 Å². The summed E-state index contributed by atoms with van der Waals surface area (Å²) in [5.74, 6) is 0.880. The predicted molar refractivity (Wildman–Crippen MR) is 92.9 cm³/mol. The van der Waals surface area contributed by atoms with E-state index < -0.39 is 5.91 Å². The zero-order chi connectivity index (χ0) is 16.9. The molecule has 0 aliphatic carbocycles. The third-order valence-electron chi connectivity index (χ3n) is 3.48. The number of hydrogen-bond acceptors (Lipinski definition) is 5. The molecule has 0 saturated carbocycles. The number of H-pyrrole nitrogens is 1. The molecule has 0 atom stereocenters. The Morgan fingerprint density at radius 3 is 2.71 bits per heavy atom. The summed E-state index contributed by atoms with van der Waals surface area (Å²) in [5, 5.41) is 10.2. The topological polar surface area (TPSA) is 93.9 Å². The van der Waals surface area contributed by atoms with Gasteiger partial charge in [-0.3, -0.25) is 4.79 Å². The third-order valence-corrected chi connectivity index (χ3v) is 4.54. The second-order valence-corrected chi connectivity index (χ2v) is 6.06. The van der Waals surface area contributed by atoms with Gasteiger partial charge in [0.2, 0.25) is 0 Å². The van der Waals surface area contributed by atoms with Crippen LogP contribution in [-0.4, -0.2) is 28.4 Å². The van der Waals surface area contributed by atoms with Crippen LogP contribution in [0.2, 0.25) is 0 Å². The zero-order valence-electron chi connectivity index (χ0n) is 13.0. The molecule has 1 amide bonds. The maximum atomic E-state index is 11.4. The molecule has 0 saturated heterocycles. The van der Waals surface area contributed by atoms with Gasteiger partial charge in [0.1, 0.15) is 11.4 Å². The van der Waals surface area contributed by atoms with Crippen molar-refractivity contribution < 1.29 is 9.53 Å². The minimum Gasteiger partial charge on any atom is -0.496 e. The minimum atomic E-state index is -0.624. The molecule has 0 fully saturated rings. The van der Waals surface area contributed by atoms with Crippen LogP contribution in [0.3, 0.4) is 0 Å². The highest BCUT2D eigenvalue weighted by Gasteiger charge is 2.16. The van der Waals surface area contributed by atoms with Gasteiger partial charge in [0, 0.05) is 21.8 Å². The molecule has 1 aromatic heterocycles. The summed E-state index contributed by atoms with van der Waals surface area (Å²) in [6, 6.07) is 15.8. The highest BCUT2D eigenvalue weighted by molar-refractivity contribution is 7.98. The Morgan fingerprint density at radius 1 is 1.21 bits per heavy atom. The van der Waals surface area contributed by atoms with Gasteiger partial charge in [-0.05, 0) is 18.2 Å². The van der Waals surface area contributed by atoms with Gasteiger partial charge in [-0.2, -0.15) is 15.4 Å². The maximum Gasteiger partial charge on any atom is 0.271 e. The molecule has 3 rings (SSSR count). The van der Waals surface area contributed by atoms with E-state index in [2.05, 4.69) is 27.5 Å². The monoisotopic (exact) mass is 340 g/mol. The molecule has 6 nitrogen and oxygen atoms in total. The number of carbonyl (C=O) groups excluding carboxylic acids is 1. The van der Waals surface area contributed by atoms with Crippen LogP contribution in [0.15, 0.2) is 53.4 Å². The summed E-state index contributed by atoms with van der Waals surface area (Å²) in [7, 11) is 1.62. The highest BCUT2D eigenvalue weighted by Crippen LogP contribution is 2.31. The van der Waals surface area contributed by atoms with Crippen molar-refractivity contribution in [1.82, 2.24) is 15.4 Å². The van der Waals surface area contributed by atoms with Crippen LogP contribution >= 0.6 is 11.8 Å². The quantitative estimate of drug-likeness (QED) is 0.673.